The maximum atomic E-state index is 13.3. The van der Waals surface area contributed by atoms with Crippen molar-refractivity contribution >= 4 is 23.3 Å². The van der Waals surface area contributed by atoms with Crippen LogP contribution in [0.25, 0.3) is 0 Å². The summed E-state index contributed by atoms with van der Waals surface area (Å²) in [6, 6.07) is 12.2. The number of benzene rings is 1. The van der Waals surface area contributed by atoms with Gasteiger partial charge >= 0.3 is 0 Å². The summed E-state index contributed by atoms with van der Waals surface area (Å²) in [4.78, 5) is 32.2. The van der Waals surface area contributed by atoms with Gasteiger partial charge in [-0.05, 0) is 36.5 Å². The average Bonchev–Trinajstić information content (AvgIpc) is 3.31. The van der Waals surface area contributed by atoms with Crippen molar-refractivity contribution in [3.63, 3.8) is 0 Å². The number of aromatic nitrogens is 3. The zero-order valence-corrected chi connectivity index (χ0v) is 17.2. The molecular formula is C21H23N5O2S. The fraction of sp³-hybridized carbons (Fsp3) is 0.286. The van der Waals surface area contributed by atoms with E-state index in [0.717, 1.165) is 17.1 Å². The van der Waals surface area contributed by atoms with Gasteiger partial charge in [-0.15, -0.1) is 5.10 Å². The van der Waals surface area contributed by atoms with Gasteiger partial charge in [0.1, 0.15) is 6.04 Å². The molecule has 0 aliphatic carbocycles. The van der Waals surface area contributed by atoms with Gasteiger partial charge in [-0.1, -0.05) is 47.8 Å². The Morgan fingerprint density at radius 2 is 1.97 bits per heavy atom. The first kappa shape index (κ1) is 20.6. The molecule has 0 bridgehead atoms. The van der Waals surface area contributed by atoms with Gasteiger partial charge in [0.15, 0.2) is 5.69 Å². The summed E-state index contributed by atoms with van der Waals surface area (Å²) >= 11 is 1.11. The second-order valence-corrected chi connectivity index (χ2v) is 7.26. The van der Waals surface area contributed by atoms with Crippen molar-refractivity contribution in [1.29, 1.82) is 0 Å². The third-order valence-electron chi connectivity index (χ3n) is 4.72. The van der Waals surface area contributed by atoms with Crippen LogP contribution in [-0.2, 0) is 11.3 Å². The lowest BCUT2D eigenvalue weighted by atomic mass is 10.0. The van der Waals surface area contributed by atoms with Crippen molar-refractivity contribution in [2.24, 2.45) is 0 Å². The van der Waals surface area contributed by atoms with Crippen LogP contribution in [0.2, 0.25) is 0 Å². The van der Waals surface area contributed by atoms with Crippen molar-refractivity contribution in [2.75, 3.05) is 0 Å². The van der Waals surface area contributed by atoms with Gasteiger partial charge in [0.25, 0.3) is 5.91 Å². The molecule has 8 heteroatoms. The molecule has 0 aliphatic rings. The van der Waals surface area contributed by atoms with Gasteiger partial charge in [0.2, 0.25) is 5.91 Å². The van der Waals surface area contributed by atoms with Crippen LogP contribution < -0.4 is 5.32 Å². The van der Waals surface area contributed by atoms with E-state index in [4.69, 9.17) is 0 Å². The highest BCUT2D eigenvalue weighted by atomic mass is 32.1. The van der Waals surface area contributed by atoms with Crippen molar-refractivity contribution in [1.82, 2.24) is 24.8 Å². The van der Waals surface area contributed by atoms with E-state index < -0.39 is 6.04 Å². The molecule has 2 unspecified atom stereocenters. The first-order valence-electron chi connectivity index (χ1n) is 9.43. The summed E-state index contributed by atoms with van der Waals surface area (Å²) < 4.78 is 3.80. The Morgan fingerprint density at radius 3 is 2.59 bits per heavy atom. The topological polar surface area (TPSA) is 88.1 Å². The summed E-state index contributed by atoms with van der Waals surface area (Å²) in [5.41, 5.74) is 1.87. The first-order valence-corrected chi connectivity index (χ1v) is 10.3. The normalized spacial score (nSPS) is 12.8. The smallest absolute Gasteiger partial charge is 0.276 e. The molecule has 0 radical (unpaired) electrons. The van der Waals surface area contributed by atoms with Gasteiger partial charge in [-0.2, -0.15) is 0 Å². The quantitative estimate of drug-likeness (QED) is 0.617. The summed E-state index contributed by atoms with van der Waals surface area (Å²) in [5.74, 6) is -0.587. The largest absolute Gasteiger partial charge is 0.350 e. The van der Waals surface area contributed by atoms with Crippen LogP contribution in [0.1, 0.15) is 47.9 Å². The molecule has 150 valence electrons. The van der Waals surface area contributed by atoms with Gasteiger partial charge < -0.3 is 10.2 Å². The Balaban J connectivity index is 1.93. The highest BCUT2D eigenvalue weighted by molar-refractivity contribution is 7.03. The average molecular weight is 410 g/mol. The molecule has 2 aromatic heterocycles. The number of hydrogen-bond donors (Lipinski definition) is 1. The van der Waals surface area contributed by atoms with E-state index in [1.165, 1.54) is 0 Å². The maximum Gasteiger partial charge on any atom is 0.276 e. The number of carbonyl (C=O) groups is 2. The zero-order chi connectivity index (χ0) is 20.6. The van der Waals surface area contributed by atoms with Gasteiger partial charge in [-0.3, -0.25) is 14.6 Å². The monoisotopic (exact) mass is 409 g/mol. The molecule has 7 nitrogen and oxygen atoms in total. The fourth-order valence-corrected chi connectivity index (χ4v) is 3.45. The van der Waals surface area contributed by atoms with E-state index in [0.29, 0.717) is 18.5 Å². The van der Waals surface area contributed by atoms with Crippen LogP contribution >= 0.6 is 11.5 Å². The molecule has 3 aromatic rings. The van der Waals surface area contributed by atoms with Gasteiger partial charge in [0, 0.05) is 35.9 Å². The Morgan fingerprint density at radius 1 is 1.17 bits per heavy atom. The lowest BCUT2D eigenvalue weighted by molar-refractivity contribution is -0.126. The number of carbonyl (C=O) groups excluding carboxylic acids is 2. The number of hydrogen-bond acceptors (Lipinski definition) is 6. The van der Waals surface area contributed by atoms with Crippen LogP contribution in [0.3, 0.4) is 0 Å². The predicted octanol–water partition coefficient (Wildman–Crippen LogP) is 3.23. The molecule has 0 spiro atoms. The molecule has 3 rings (SSSR count). The summed E-state index contributed by atoms with van der Waals surface area (Å²) in [5, 5.41) is 8.47. The number of nitrogens with zero attached hydrogens (tertiary/aromatic N) is 4. The molecule has 0 saturated carbocycles. The molecule has 0 saturated heterocycles. The van der Waals surface area contributed by atoms with E-state index in [1.807, 2.05) is 50.2 Å². The van der Waals surface area contributed by atoms with Crippen molar-refractivity contribution < 1.29 is 9.59 Å². The molecule has 0 fully saturated rings. The lowest BCUT2D eigenvalue weighted by Crippen LogP contribution is -2.47. The van der Waals surface area contributed by atoms with E-state index in [2.05, 4.69) is 19.9 Å². The minimum atomic E-state index is -0.823. The fourth-order valence-electron chi connectivity index (χ4n) is 3.02. The van der Waals surface area contributed by atoms with E-state index in [-0.39, 0.29) is 23.6 Å². The Bertz CT molecular complexity index is 919. The first-order chi connectivity index (χ1) is 14.1. The predicted molar refractivity (Wildman–Crippen MR) is 111 cm³/mol. The van der Waals surface area contributed by atoms with Crippen LogP contribution in [-0.4, -0.2) is 37.3 Å². The van der Waals surface area contributed by atoms with Crippen molar-refractivity contribution in [3.8, 4) is 0 Å². The van der Waals surface area contributed by atoms with Crippen LogP contribution in [0, 0.1) is 0 Å². The SMILES string of the molecule is CCC(C)N(C(=O)c1csnn1)C(C(=O)NCc1ccccc1)c1cccnc1. The molecule has 2 heterocycles. The summed E-state index contributed by atoms with van der Waals surface area (Å²) in [6.07, 6.45) is 3.95. The second-order valence-electron chi connectivity index (χ2n) is 6.65. The summed E-state index contributed by atoms with van der Waals surface area (Å²) in [7, 11) is 0. The molecule has 29 heavy (non-hydrogen) atoms. The standard InChI is InChI=1S/C21H23N5O2S/c1-3-15(2)26(21(28)18-14-29-25-24-18)19(17-10-7-11-22-13-17)20(27)23-12-16-8-5-4-6-9-16/h4-11,13-15,19H,3,12H2,1-2H3,(H,23,27). The minimum Gasteiger partial charge on any atom is -0.350 e. The summed E-state index contributed by atoms with van der Waals surface area (Å²) in [6.45, 7) is 4.27. The third-order valence-corrected chi connectivity index (χ3v) is 5.22. The highest BCUT2D eigenvalue weighted by Crippen LogP contribution is 2.26. The zero-order valence-electron chi connectivity index (χ0n) is 16.4. The van der Waals surface area contributed by atoms with E-state index in [9.17, 15) is 9.59 Å². The van der Waals surface area contributed by atoms with Crippen LogP contribution in [0.4, 0.5) is 0 Å². The van der Waals surface area contributed by atoms with Crippen LogP contribution in [0.15, 0.2) is 60.2 Å². The molecule has 1 N–H and O–H groups in total. The van der Waals surface area contributed by atoms with Gasteiger partial charge in [-0.25, -0.2) is 0 Å². The van der Waals surface area contributed by atoms with Crippen LogP contribution in [0.5, 0.6) is 0 Å². The molecule has 0 aliphatic heterocycles. The Hall–Kier alpha value is -3.13. The number of amides is 2. The van der Waals surface area contributed by atoms with Crippen molar-refractivity contribution in [3.05, 3.63) is 77.1 Å². The maximum absolute atomic E-state index is 13.3. The van der Waals surface area contributed by atoms with E-state index in [1.54, 1.807) is 28.7 Å². The molecule has 1 aromatic carbocycles. The highest BCUT2D eigenvalue weighted by Gasteiger charge is 2.35. The van der Waals surface area contributed by atoms with E-state index >= 15 is 0 Å². The Kier molecular flexibility index (Phi) is 7.02. The molecular weight excluding hydrogens is 386 g/mol. The lowest BCUT2D eigenvalue weighted by Gasteiger charge is -2.35. The van der Waals surface area contributed by atoms with Crippen molar-refractivity contribution in [2.45, 2.75) is 38.9 Å². The molecule has 2 amide bonds. The number of rotatable bonds is 8. The third kappa shape index (κ3) is 5.03. The molecule has 2 atom stereocenters. The number of pyridine rings is 1. The Labute approximate surface area is 174 Å². The van der Waals surface area contributed by atoms with Gasteiger partial charge in [0.05, 0.1) is 0 Å². The minimum absolute atomic E-state index is 0.183. The second kappa shape index (κ2) is 9.88. The number of nitrogens with one attached hydrogen (secondary N) is 1.